The van der Waals surface area contributed by atoms with Crippen LogP contribution < -0.4 is 4.13 Å². The zero-order valence-corrected chi connectivity index (χ0v) is 20.2. The Morgan fingerprint density at radius 2 is 1.44 bits per heavy atom. The molecule has 0 radical (unpaired) electrons. The zero-order chi connectivity index (χ0) is 22.9. The average molecular weight is 531 g/mol. The standard InChI is InChI=1S/C23H19BrN2O4S2/c1-31(27,28)26-32(29,30)15-20-19-14-18(24)12-13-21(19)25-23(17-10-6-3-7-11-17)22(20)16-8-4-2-5-9-16/h2-14,26H,15H2,1H3. The topological polar surface area (TPSA) is 93.2 Å². The summed E-state index contributed by atoms with van der Waals surface area (Å²) in [6.07, 6.45) is 0.819. The molecule has 164 valence electrons. The van der Waals surface area contributed by atoms with E-state index in [-0.39, 0.29) is 0 Å². The number of halogens is 1. The van der Waals surface area contributed by atoms with E-state index in [4.69, 9.17) is 4.98 Å². The third-order valence-electron chi connectivity index (χ3n) is 4.78. The predicted octanol–water partition coefficient (Wildman–Crippen LogP) is 4.71. The summed E-state index contributed by atoms with van der Waals surface area (Å²) in [5.41, 5.74) is 3.95. The van der Waals surface area contributed by atoms with Crippen LogP contribution in [0.25, 0.3) is 33.3 Å². The van der Waals surface area contributed by atoms with Crippen molar-refractivity contribution in [2.75, 3.05) is 6.26 Å². The van der Waals surface area contributed by atoms with Gasteiger partial charge < -0.3 is 0 Å². The van der Waals surface area contributed by atoms with Crippen LogP contribution in [0.5, 0.6) is 0 Å². The van der Waals surface area contributed by atoms with E-state index in [1.807, 2.05) is 66.7 Å². The largest absolute Gasteiger partial charge is 0.247 e. The van der Waals surface area contributed by atoms with E-state index in [1.54, 1.807) is 16.3 Å². The van der Waals surface area contributed by atoms with Gasteiger partial charge in [-0.25, -0.2) is 21.8 Å². The van der Waals surface area contributed by atoms with Crippen LogP contribution in [0, 0.1) is 0 Å². The Kier molecular flexibility index (Phi) is 6.17. The number of pyridine rings is 1. The Morgan fingerprint density at radius 1 is 0.844 bits per heavy atom. The zero-order valence-electron chi connectivity index (χ0n) is 17.0. The summed E-state index contributed by atoms with van der Waals surface area (Å²) < 4.78 is 51.6. The van der Waals surface area contributed by atoms with Gasteiger partial charge in [-0.05, 0) is 29.3 Å². The van der Waals surface area contributed by atoms with Crippen molar-refractivity contribution in [3.05, 3.63) is 88.9 Å². The van der Waals surface area contributed by atoms with Crippen molar-refractivity contribution in [3.8, 4) is 22.4 Å². The molecule has 0 fully saturated rings. The van der Waals surface area contributed by atoms with Crippen LogP contribution in [-0.4, -0.2) is 28.1 Å². The normalized spacial score (nSPS) is 12.2. The molecule has 6 nitrogen and oxygen atoms in total. The van der Waals surface area contributed by atoms with E-state index < -0.39 is 25.8 Å². The van der Waals surface area contributed by atoms with E-state index in [1.165, 1.54) is 0 Å². The van der Waals surface area contributed by atoms with E-state index in [2.05, 4.69) is 15.9 Å². The van der Waals surface area contributed by atoms with Crippen molar-refractivity contribution in [2.45, 2.75) is 5.75 Å². The van der Waals surface area contributed by atoms with Gasteiger partial charge in [-0.3, -0.25) is 0 Å². The first-order valence-electron chi connectivity index (χ1n) is 9.57. The maximum Gasteiger partial charge on any atom is 0.228 e. The predicted molar refractivity (Wildman–Crippen MR) is 131 cm³/mol. The van der Waals surface area contributed by atoms with Gasteiger partial charge in [-0.1, -0.05) is 76.6 Å². The minimum absolute atomic E-state index is 0.470. The van der Waals surface area contributed by atoms with Gasteiger partial charge in [0.05, 0.1) is 23.2 Å². The quantitative estimate of drug-likeness (QED) is 0.389. The molecule has 0 aliphatic carbocycles. The van der Waals surface area contributed by atoms with Crippen LogP contribution in [0.3, 0.4) is 0 Å². The maximum atomic E-state index is 12.9. The summed E-state index contributed by atoms with van der Waals surface area (Å²) in [6.45, 7) is 0. The fraction of sp³-hybridized carbons (Fsp3) is 0.0870. The number of hydrogen-bond acceptors (Lipinski definition) is 5. The van der Waals surface area contributed by atoms with Gasteiger partial charge in [-0.15, -0.1) is 4.13 Å². The van der Waals surface area contributed by atoms with E-state index in [9.17, 15) is 16.8 Å². The Morgan fingerprint density at radius 3 is 2.03 bits per heavy atom. The summed E-state index contributed by atoms with van der Waals surface area (Å²) in [5, 5.41) is 0.622. The fourth-order valence-corrected chi connectivity index (χ4v) is 6.74. The lowest BCUT2D eigenvalue weighted by Crippen LogP contribution is -2.30. The van der Waals surface area contributed by atoms with Crippen LogP contribution in [0.2, 0.25) is 0 Å². The lowest BCUT2D eigenvalue weighted by atomic mass is 9.92. The first-order chi connectivity index (χ1) is 15.1. The highest BCUT2D eigenvalue weighted by Gasteiger charge is 2.25. The molecule has 9 heteroatoms. The van der Waals surface area contributed by atoms with Crippen LogP contribution in [0.4, 0.5) is 0 Å². The maximum absolute atomic E-state index is 12.9. The average Bonchev–Trinajstić information content (AvgIpc) is 2.73. The molecule has 0 atom stereocenters. The highest BCUT2D eigenvalue weighted by atomic mass is 79.9. The molecule has 0 saturated heterocycles. The van der Waals surface area contributed by atoms with Gasteiger partial charge in [0.25, 0.3) is 0 Å². The Bertz CT molecular complexity index is 1510. The molecule has 1 heterocycles. The molecule has 0 saturated carbocycles. The van der Waals surface area contributed by atoms with Gasteiger partial charge in [-0.2, -0.15) is 0 Å². The molecular formula is C23H19BrN2O4S2. The summed E-state index contributed by atoms with van der Waals surface area (Å²) in [4.78, 5) is 4.87. The van der Waals surface area contributed by atoms with Gasteiger partial charge in [0.15, 0.2) is 0 Å². The van der Waals surface area contributed by atoms with Crippen molar-refractivity contribution in [1.82, 2.24) is 9.11 Å². The molecule has 1 aromatic heterocycles. The molecular weight excluding hydrogens is 512 g/mol. The van der Waals surface area contributed by atoms with Gasteiger partial charge in [0, 0.05) is 21.0 Å². The first-order valence-corrected chi connectivity index (χ1v) is 13.9. The molecule has 0 unspecified atom stereocenters. The minimum Gasteiger partial charge on any atom is -0.247 e. The van der Waals surface area contributed by atoms with E-state index in [0.717, 1.165) is 21.9 Å². The molecule has 0 aliphatic rings. The molecule has 0 aliphatic heterocycles. The monoisotopic (exact) mass is 530 g/mol. The number of fused-ring (bicyclic) bond motifs is 1. The van der Waals surface area contributed by atoms with Crippen LogP contribution in [-0.2, 0) is 25.8 Å². The van der Waals surface area contributed by atoms with Crippen molar-refractivity contribution >= 4 is 46.9 Å². The highest BCUT2D eigenvalue weighted by molar-refractivity contribution is 9.10. The SMILES string of the molecule is CS(=O)(=O)NS(=O)(=O)Cc1c(-c2ccccc2)c(-c2ccccc2)nc2ccc(Br)cc12. The lowest BCUT2D eigenvalue weighted by molar-refractivity contribution is 0.579. The van der Waals surface area contributed by atoms with Crippen molar-refractivity contribution in [2.24, 2.45) is 0 Å². The van der Waals surface area contributed by atoms with Gasteiger partial charge in [0.1, 0.15) is 0 Å². The van der Waals surface area contributed by atoms with Crippen molar-refractivity contribution in [1.29, 1.82) is 0 Å². The summed E-state index contributed by atoms with van der Waals surface area (Å²) in [5.74, 6) is -0.528. The highest BCUT2D eigenvalue weighted by Crippen LogP contribution is 2.39. The fourth-order valence-electron chi connectivity index (χ4n) is 3.62. The molecule has 0 amide bonds. The van der Waals surface area contributed by atoms with Crippen LogP contribution >= 0.6 is 15.9 Å². The number of nitrogens with one attached hydrogen (secondary N) is 1. The summed E-state index contributed by atoms with van der Waals surface area (Å²) in [6, 6.07) is 24.3. The Hall–Kier alpha value is -2.59. The second-order valence-corrected chi connectivity index (χ2v) is 12.0. The van der Waals surface area contributed by atoms with E-state index >= 15 is 0 Å². The molecule has 4 aromatic rings. The molecule has 0 spiro atoms. The number of aromatic nitrogens is 1. The minimum atomic E-state index is -4.21. The van der Waals surface area contributed by atoms with Crippen molar-refractivity contribution < 1.29 is 16.8 Å². The summed E-state index contributed by atoms with van der Waals surface area (Å²) >= 11 is 3.45. The number of benzene rings is 3. The molecule has 3 aromatic carbocycles. The second-order valence-electron chi connectivity index (χ2n) is 7.32. The van der Waals surface area contributed by atoms with Gasteiger partial charge >= 0.3 is 0 Å². The van der Waals surface area contributed by atoms with Crippen molar-refractivity contribution in [3.63, 3.8) is 0 Å². The third-order valence-corrected chi connectivity index (χ3v) is 8.17. The van der Waals surface area contributed by atoms with Crippen LogP contribution in [0.1, 0.15) is 5.56 Å². The smallest absolute Gasteiger partial charge is 0.228 e. The third kappa shape index (κ3) is 5.07. The number of rotatable bonds is 6. The Balaban J connectivity index is 2.10. The first kappa shape index (κ1) is 22.6. The van der Waals surface area contributed by atoms with Gasteiger partial charge in [0.2, 0.25) is 20.0 Å². The number of sulfonamides is 2. The van der Waals surface area contributed by atoms with Crippen LogP contribution in [0.15, 0.2) is 83.3 Å². The Labute approximate surface area is 195 Å². The lowest BCUT2D eigenvalue weighted by Gasteiger charge is -2.18. The number of hydrogen-bond donors (Lipinski definition) is 1. The molecule has 0 bridgehead atoms. The number of nitrogens with zero attached hydrogens (tertiary/aromatic N) is 1. The summed E-state index contributed by atoms with van der Waals surface area (Å²) in [7, 11) is -8.17. The van der Waals surface area contributed by atoms with E-state index in [0.29, 0.717) is 27.7 Å². The molecule has 1 N–H and O–H groups in total. The second kappa shape index (κ2) is 8.74. The molecule has 4 rings (SSSR count). The molecule has 32 heavy (non-hydrogen) atoms.